The van der Waals surface area contributed by atoms with Crippen LogP contribution in [0.25, 0.3) is 0 Å². The highest BCUT2D eigenvalue weighted by atomic mass is 16.5. The molecule has 45 heavy (non-hydrogen) atoms. The highest BCUT2D eigenvalue weighted by molar-refractivity contribution is 5.42. The van der Waals surface area contributed by atoms with Crippen LogP contribution in [-0.4, -0.2) is 56.3 Å². The summed E-state index contributed by atoms with van der Waals surface area (Å²) in [6.07, 6.45) is 6.33. The topological polar surface area (TPSA) is 133 Å². The van der Waals surface area contributed by atoms with Crippen LogP contribution in [0.5, 0.6) is 47.6 Å². The third-order valence-electron chi connectivity index (χ3n) is 6.04. The Kier molecular flexibility index (Phi) is 11.2. The van der Waals surface area contributed by atoms with Crippen LogP contribution in [0, 0.1) is 0 Å². The van der Waals surface area contributed by atoms with Crippen molar-refractivity contribution in [2.75, 3.05) is 26.4 Å². The van der Waals surface area contributed by atoms with E-state index in [0.717, 1.165) is 11.1 Å². The summed E-state index contributed by atoms with van der Waals surface area (Å²) < 4.78 is 33.6. The van der Waals surface area contributed by atoms with Crippen molar-refractivity contribution < 1.29 is 28.4 Å². The zero-order chi connectivity index (χ0) is 32.1. The van der Waals surface area contributed by atoms with Gasteiger partial charge in [-0.1, -0.05) is 88.7 Å². The smallest absolute Gasteiger partial charge is 0.331 e. The molecule has 0 aliphatic carbocycles. The maximum atomic E-state index is 5.89. The van der Waals surface area contributed by atoms with Crippen molar-refractivity contribution in [3.8, 4) is 47.6 Å². The Hall–Kier alpha value is -5.78. The van der Waals surface area contributed by atoms with Crippen LogP contribution in [0.3, 0.4) is 0 Å². The fraction of sp³-hybridized carbons (Fsp3) is 0.212. The van der Waals surface area contributed by atoms with Gasteiger partial charge in [0.05, 0.1) is 0 Å². The molecular formula is C33H34N6O6. The monoisotopic (exact) mass is 610 g/mol. The lowest BCUT2D eigenvalue weighted by Gasteiger charge is -2.26. The van der Waals surface area contributed by atoms with Crippen LogP contribution in [-0.2, 0) is 5.41 Å². The van der Waals surface area contributed by atoms with Crippen LogP contribution in [0.1, 0.15) is 25.0 Å². The van der Waals surface area contributed by atoms with Gasteiger partial charge in [0.15, 0.2) is 0 Å². The summed E-state index contributed by atoms with van der Waals surface area (Å²) in [6.45, 7) is 19.6. The minimum absolute atomic E-state index is 0.0303. The van der Waals surface area contributed by atoms with Gasteiger partial charge >= 0.3 is 36.1 Å². The number of ether oxygens (including phenoxy) is 6. The van der Waals surface area contributed by atoms with Crippen molar-refractivity contribution in [1.82, 2.24) is 29.9 Å². The van der Waals surface area contributed by atoms with E-state index < -0.39 is 0 Å². The average molecular weight is 611 g/mol. The van der Waals surface area contributed by atoms with Crippen molar-refractivity contribution >= 4 is 0 Å². The molecule has 12 heteroatoms. The Morgan fingerprint density at radius 2 is 0.733 bits per heavy atom. The van der Waals surface area contributed by atoms with E-state index in [4.69, 9.17) is 28.4 Å². The normalized spacial score (nSPS) is 10.7. The maximum absolute atomic E-state index is 5.89. The van der Waals surface area contributed by atoms with Crippen LogP contribution in [0.2, 0.25) is 0 Å². The van der Waals surface area contributed by atoms with Gasteiger partial charge in [0.1, 0.15) is 37.9 Å². The summed E-state index contributed by atoms with van der Waals surface area (Å²) in [7, 11) is 0. The Balaban J connectivity index is 1.47. The highest BCUT2D eigenvalue weighted by Crippen LogP contribution is 2.34. The van der Waals surface area contributed by atoms with Gasteiger partial charge < -0.3 is 28.4 Å². The molecule has 0 aliphatic rings. The SMILES string of the molecule is C=CCOc1nc(OCC=C)nc(Oc2ccc(C(C)(C)c3ccc(Oc4nc(OCC=C)nc(OCC=C)n4)cc3)cc2)n1. The Labute approximate surface area is 261 Å². The molecule has 2 heterocycles. The molecule has 0 fully saturated rings. The third kappa shape index (κ3) is 9.10. The summed E-state index contributed by atoms with van der Waals surface area (Å²) in [5.41, 5.74) is 1.75. The summed E-state index contributed by atoms with van der Waals surface area (Å²) in [5.74, 6) is 1.05. The van der Waals surface area contributed by atoms with Gasteiger partial charge in [-0.05, 0) is 35.4 Å². The second kappa shape index (κ2) is 15.6. The molecule has 232 valence electrons. The Bertz CT molecular complexity index is 1430. The van der Waals surface area contributed by atoms with E-state index in [1.54, 1.807) is 24.3 Å². The lowest BCUT2D eigenvalue weighted by molar-refractivity contribution is 0.284. The number of hydrogen-bond acceptors (Lipinski definition) is 12. The number of rotatable bonds is 18. The molecule has 2 aromatic heterocycles. The minimum Gasteiger partial charge on any atom is -0.459 e. The van der Waals surface area contributed by atoms with Crippen LogP contribution < -0.4 is 28.4 Å². The Morgan fingerprint density at radius 3 is 1.00 bits per heavy atom. The number of hydrogen-bond donors (Lipinski definition) is 0. The van der Waals surface area contributed by atoms with E-state index in [9.17, 15) is 0 Å². The molecule has 0 amide bonds. The molecule has 0 N–H and O–H groups in total. The third-order valence-corrected chi connectivity index (χ3v) is 6.04. The minimum atomic E-state index is -0.355. The van der Waals surface area contributed by atoms with Crippen molar-refractivity contribution in [1.29, 1.82) is 0 Å². The maximum Gasteiger partial charge on any atom is 0.331 e. The van der Waals surface area contributed by atoms with Gasteiger partial charge in [0.2, 0.25) is 0 Å². The first-order valence-corrected chi connectivity index (χ1v) is 13.9. The fourth-order valence-corrected chi connectivity index (χ4v) is 3.78. The molecule has 0 spiro atoms. The zero-order valence-corrected chi connectivity index (χ0v) is 25.2. The van der Waals surface area contributed by atoms with Crippen molar-refractivity contribution in [2.24, 2.45) is 0 Å². The summed E-state index contributed by atoms with van der Waals surface area (Å²) in [4.78, 5) is 25.0. The lowest BCUT2D eigenvalue weighted by atomic mass is 9.78. The molecule has 0 atom stereocenters. The van der Waals surface area contributed by atoms with Crippen LogP contribution in [0.15, 0.2) is 99.2 Å². The quantitative estimate of drug-likeness (QED) is 0.118. The van der Waals surface area contributed by atoms with E-state index in [0.29, 0.717) is 11.5 Å². The van der Waals surface area contributed by atoms with Gasteiger partial charge in [-0.2, -0.15) is 0 Å². The van der Waals surface area contributed by atoms with Gasteiger partial charge in [0.25, 0.3) is 0 Å². The number of nitrogens with zero attached hydrogens (tertiary/aromatic N) is 6. The fourth-order valence-electron chi connectivity index (χ4n) is 3.78. The molecule has 0 bridgehead atoms. The molecule has 4 rings (SSSR count). The van der Waals surface area contributed by atoms with E-state index in [2.05, 4.69) is 70.1 Å². The van der Waals surface area contributed by atoms with Crippen LogP contribution in [0.4, 0.5) is 0 Å². The molecular weight excluding hydrogens is 576 g/mol. The van der Waals surface area contributed by atoms with E-state index in [-0.39, 0.29) is 67.9 Å². The molecule has 0 saturated carbocycles. The first kappa shape index (κ1) is 32.1. The molecule has 4 aromatic rings. The van der Waals surface area contributed by atoms with Crippen LogP contribution >= 0.6 is 0 Å². The number of aromatic nitrogens is 6. The highest BCUT2D eigenvalue weighted by Gasteiger charge is 2.23. The molecule has 2 aromatic carbocycles. The van der Waals surface area contributed by atoms with Gasteiger partial charge in [-0.25, -0.2) is 0 Å². The van der Waals surface area contributed by atoms with Crippen molar-refractivity contribution in [2.45, 2.75) is 19.3 Å². The summed E-state index contributed by atoms with van der Waals surface area (Å²) in [6, 6.07) is 15.6. The van der Waals surface area contributed by atoms with E-state index >= 15 is 0 Å². The molecule has 12 nitrogen and oxygen atoms in total. The second-order valence-electron chi connectivity index (χ2n) is 9.64. The summed E-state index contributed by atoms with van der Waals surface area (Å²) >= 11 is 0. The Morgan fingerprint density at radius 1 is 0.467 bits per heavy atom. The number of benzene rings is 2. The largest absolute Gasteiger partial charge is 0.459 e. The van der Waals surface area contributed by atoms with E-state index in [1.165, 1.54) is 0 Å². The second-order valence-corrected chi connectivity index (χ2v) is 9.64. The van der Waals surface area contributed by atoms with Gasteiger partial charge in [-0.15, -0.1) is 29.9 Å². The van der Waals surface area contributed by atoms with Crippen molar-refractivity contribution in [3.05, 3.63) is 110 Å². The predicted molar refractivity (Wildman–Crippen MR) is 168 cm³/mol. The molecule has 0 unspecified atom stereocenters. The van der Waals surface area contributed by atoms with Gasteiger partial charge in [0, 0.05) is 5.41 Å². The first-order valence-electron chi connectivity index (χ1n) is 13.9. The predicted octanol–water partition coefficient (Wildman–Crippen LogP) is 6.23. The zero-order valence-electron chi connectivity index (χ0n) is 25.2. The first-order chi connectivity index (χ1) is 21.8. The van der Waals surface area contributed by atoms with Crippen molar-refractivity contribution in [3.63, 3.8) is 0 Å². The molecule has 0 radical (unpaired) electrons. The van der Waals surface area contributed by atoms with Gasteiger partial charge in [-0.3, -0.25) is 0 Å². The lowest BCUT2D eigenvalue weighted by Crippen LogP contribution is -2.18. The summed E-state index contributed by atoms with van der Waals surface area (Å²) in [5, 5.41) is 0. The molecule has 0 saturated heterocycles. The standard InChI is InChI=1S/C33H34N6O6/c1-7-19-40-27-34-28(41-20-8-2)37-31(36-27)44-25-15-11-23(12-16-25)33(5,6)24-13-17-26(18-14-24)45-32-38-29(42-21-9-3)35-30(39-32)43-22-10-4/h7-18H,1-4,19-22H2,5-6H3. The molecule has 0 aliphatic heterocycles. The van der Waals surface area contributed by atoms with E-state index in [1.807, 2.05) is 48.5 Å². The average Bonchev–Trinajstić information content (AvgIpc) is 3.05.